The number of H-pyrrole nitrogens is 1. The van der Waals surface area contributed by atoms with Crippen LogP contribution in [0.15, 0.2) is 65.4 Å². The van der Waals surface area contributed by atoms with E-state index in [2.05, 4.69) is 75.9 Å². The Hall–Kier alpha value is -6.22. The second-order valence-corrected chi connectivity index (χ2v) is 17.5. The number of anilines is 2. The summed E-state index contributed by atoms with van der Waals surface area (Å²) in [5.41, 5.74) is 6.30. The van der Waals surface area contributed by atoms with Crippen LogP contribution in [0.2, 0.25) is 0 Å². The molecule has 1 atom stereocenters. The number of rotatable bonds is 9. The van der Waals surface area contributed by atoms with Crippen LogP contribution >= 0.6 is 0 Å². The van der Waals surface area contributed by atoms with Gasteiger partial charge in [-0.15, -0.1) is 0 Å². The summed E-state index contributed by atoms with van der Waals surface area (Å²) in [5.74, 6) is 0.352. The third kappa shape index (κ3) is 7.46. The largest absolute Gasteiger partial charge is 0.369 e. The van der Waals surface area contributed by atoms with Crippen LogP contribution < -0.4 is 20.4 Å². The number of nitrogens with one attached hydrogen (secondary N) is 3. The van der Waals surface area contributed by atoms with Gasteiger partial charge < -0.3 is 19.7 Å². The van der Waals surface area contributed by atoms with E-state index in [1.54, 1.807) is 24.8 Å². The van der Waals surface area contributed by atoms with Crippen LogP contribution in [0.4, 0.5) is 20.6 Å². The van der Waals surface area contributed by atoms with Gasteiger partial charge in [0.2, 0.25) is 11.8 Å². The first-order valence-electron chi connectivity index (χ1n) is 20.7. The van der Waals surface area contributed by atoms with E-state index < -0.39 is 23.2 Å². The Morgan fingerprint density at radius 3 is 2.45 bits per heavy atom. The summed E-state index contributed by atoms with van der Waals surface area (Å²) in [6.45, 7) is 14.6. The molecule has 1 aliphatic carbocycles. The first kappa shape index (κ1) is 39.3. The van der Waals surface area contributed by atoms with Crippen LogP contribution in [0, 0.1) is 18.7 Å². The Morgan fingerprint density at radius 1 is 0.983 bits per heavy atom. The van der Waals surface area contributed by atoms with Gasteiger partial charge in [-0.1, -0.05) is 50.2 Å². The Bertz CT molecular complexity index is 2620. The Labute approximate surface area is 346 Å². The number of piperazine rings is 1. The first-order chi connectivity index (χ1) is 28.8. The van der Waals surface area contributed by atoms with Gasteiger partial charge in [0, 0.05) is 78.9 Å². The summed E-state index contributed by atoms with van der Waals surface area (Å²) in [7, 11) is 0. The number of urea groups is 1. The van der Waals surface area contributed by atoms with Gasteiger partial charge in [0.1, 0.15) is 17.8 Å². The molecule has 6 aromatic rings. The van der Waals surface area contributed by atoms with E-state index in [1.165, 1.54) is 11.9 Å². The minimum atomic E-state index is -0.522. The summed E-state index contributed by atoms with van der Waals surface area (Å²) in [6, 6.07) is 17.3. The molecule has 2 saturated heterocycles. The van der Waals surface area contributed by atoms with Crippen molar-refractivity contribution in [1.82, 2.24) is 40.6 Å². The zero-order valence-corrected chi connectivity index (χ0v) is 34.5. The number of carbonyl (C=O) groups is 3. The maximum Gasteiger partial charge on any atom is 0.328 e. The van der Waals surface area contributed by atoms with Crippen LogP contribution in [0.3, 0.4) is 0 Å². The van der Waals surface area contributed by atoms with E-state index in [-0.39, 0.29) is 17.8 Å². The molecule has 15 heteroatoms. The zero-order valence-electron chi connectivity index (χ0n) is 34.5. The minimum absolute atomic E-state index is 0.0670. The topological polar surface area (TPSA) is 165 Å². The Kier molecular flexibility index (Phi) is 10.1. The van der Waals surface area contributed by atoms with Crippen molar-refractivity contribution in [3.8, 4) is 11.3 Å². The van der Waals surface area contributed by atoms with Crippen LogP contribution in [0.25, 0.3) is 33.2 Å². The number of aromatic amines is 1. The highest BCUT2D eigenvalue weighted by Crippen LogP contribution is 2.43. The van der Waals surface area contributed by atoms with E-state index in [9.17, 15) is 14.4 Å². The highest BCUT2D eigenvalue weighted by atomic mass is 19.1. The molecule has 0 unspecified atom stereocenters. The van der Waals surface area contributed by atoms with E-state index in [0.717, 1.165) is 73.2 Å². The fraction of sp³-hybridized carbons (Fsp3) is 0.400. The lowest BCUT2D eigenvalue weighted by Gasteiger charge is -2.42. The summed E-state index contributed by atoms with van der Waals surface area (Å²) in [5, 5.41) is 10.8. The molecule has 14 nitrogen and oxygen atoms in total. The average Bonchev–Trinajstić information content (AvgIpc) is 3.87. The molecule has 5 heterocycles. The number of carbonyl (C=O) groups excluding carboxylic acids is 3. The maximum atomic E-state index is 16.3. The van der Waals surface area contributed by atoms with E-state index in [1.807, 2.05) is 39.0 Å². The molecule has 60 heavy (non-hydrogen) atoms. The number of imide groups is 1. The van der Waals surface area contributed by atoms with Gasteiger partial charge in [-0.05, 0) is 85.5 Å². The molecule has 3 aromatic heterocycles. The molecule has 3 fully saturated rings. The molecule has 3 N–H and O–H groups in total. The molecular weight excluding hydrogens is 764 g/mol. The van der Waals surface area contributed by atoms with Gasteiger partial charge in [0.15, 0.2) is 0 Å². The third-order valence-corrected chi connectivity index (χ3v) is 12.4. The number of amides is 4. The van der Waals surface area contributed by atoms with Gasteiger partial charge >= 0.3 is 6.03 Å². The third-order valence-electron chi connectivity index (χ3n) is 12.4. The normalized spacial score (nSPS) is 19.4. The predicted molar refractivity (Wildman–Crippen MR) is 226 cm³/mol. The number of aromatic nitrogens is 5. The number of hydrogen-bond donors (Lipinski definition) is 3. The molecule has 4 amide bonds. The van der Waals surface area contributed by atoms with Gasteiger partial charge in [-0.25, -0.2) is 19.2 Å². The second kappa shape index (κ2) is 15.4. The quantitative estimate of drug-likeness (QED) is 0.136. The lowest BCUT2D eigenvalue weighted by atomic mass is 9.71. The molecule has 310 valence electrons. The number of halogens is 1. The van der Waals surface area contributed by atoms with Crippen molar-refractivity contribution in [2.24, 2.45) is 5.92 Å². The van der Waals surface area contributed by atoms with E-state index in [0.29, 0.717) is 58.7 Å². The summed E-state index contributed by atoms with van der Waals surface area (Å²) < 4.78 is 21.6. The van der Waals surface area contributed by atoms with Crippen molar-refractivity contribution < 1.29 is 23.3 Å². The number of benzene rings is 3. The van der Waals surface area contributed by atoms with Gasteiger partial charge in [0.05, 0.1) is 17.1 Å². The highest BCUT2D eigenvalue weighted by molar-refractivity contribution is 6.12. The highest BCUT2D eigenvalue weighted by Gasteiger charge is 2.33. The summed E-state index contributed by atoms with van der Waals surface area (Å²) in [4.78, 5) is 60.1. The molecular formula is C45H49FN10O4. The monoisotopic (exact) mass is 812 g/mol. The van der Waals surface area contributed by atoms with Crippen LogP contribution in [0.5, 0.6) is 0 Å². The van der Waals surface area contributed by atoms with Crippen molar-refractivity contribution in [1.29, 1.82) is 0 Å². The fourth-order valence-corrected chi connectivity index (χ4v) is 8.88. The molecule has 2 aliphatic heterocycles. The van der Waals surface area contributed by atoms with Crippen molar-refractivity contribution in [3.05, 3.63) is 95.1 Å². The number of hydrogen-bond acceptors (Lipinski definition) is 10. The molecule has 0 spiro atoms. The molecule has 1 saturated carbocycles. The van der Waals surface area contributed by atoms with E-state index in [4.69, 9.17) is 4.52 Å². The summed E-state index contributed by atoms with van der Waals surface area (Å²) in [6.07, 6.45) is 4.09. The standard InChI is InChI=1S/C45H49FN10O4/c1-25-32(26(2)49-42(58)41-52-43(60-53-41)45(3,4)5)12-13-34(38(25)46)39-37-33-11-10-31(22-35(33)50-40(37)48-24-47-39)55-18-16-54(17-19-55)23-27-20-29(21-27)28-6-8-30(9-7-28)56-15-14-36(57)51-44(56)59/h6-13,22,24,26-27,29H,14-21,23H2,1-5H3,(H,49,58)(H,47,48,50)(H,51,57,59)/t26-,27?,29?/m1/s1. The summed E-state index contributed by atoms with van der Waals surface area (Å²) >= 11 is 0. The molecule has 3 aliphatic rings. The van der Waals surface area contributed by atoms with Crippen LogP contribution in [-0.2, 0) is 10.2 Å². The second-order valence-electron chi connectivity index (χ2n) is 17.5. The average molecular weight is 813 g/mol. The predicted octanol–water partition coefficient (Wildman–Crippen LogP) is 7.16. The van der Waals surface area contributed by atoms with Crippen molar-refractivity contribution in [2.75, 3.05) is 49.1 Å². The van der Waals surface area contributed by atoms with Crippen LogP contribution in [-0.4, -0.2) is 87.1 Å². The lowest BCUT2D eigenvalue weighted by Crippen LogP contribution is -2.49. The first-order valence-corrected chi connectivity index (χ1v) is 20.7. The zero-order chi connectivity index (χ0) is 41.9. The molecule has 9 rings (SSSR count). The smallest absolute Gasteiger partial charge is 0.328 e. The molecule has 0 radical (unpaired) electrons. The SMILES string of the molecule is Cc1c([C@@H](C)NC(=O)c2noc(C(C)(C)C)n2)ccc(-c2ncnc3[nH]c4cc(N5CCN(CC6CC(c7ccc(N8CCC(=O)NC8=O)cc7)C6)CC5)ccc4c23)c1F. The van der Waals surface area contributed by atoms with Gasteiger partial charge in [-0.3, -0.25) is 24.7 Å². The number of nitrogens with zero attached hydrogens (tertiary/aromatic N) is 7. The lowest BCUT2D eigenvalue weighted by molar-refractivity contribution is -0.120. The van der Waals surface area contributed by atoms with E-state index >= 15 is 4.39 Å². The van der Waals surface area contributed by atoms with Crippen molar-refractivity contribution in [2.45, 2.75) is 71.3 Å². The molecule has 3 aromatic carbocycles. The number of fused-ring (bicyclic) bond motifs is 3. The van der Waals surface area contributed by atoms with Gasteiger partial charge in [0.25, 0.3) is 11.7 Å². The maximum absolute atomic E-state index is 16.3. The minimum Gasteiger partial charge on any atom is -0.369 e. The van der Waals surface area contributed by atoms with Gasteiger partial charge in [-0.2, -0.15) is 4.98 Å². The fourth-order valence-electron chi connectivity index (χ4n) is 8.88. The van der Waals surface area contributed by atoms with Crippen LogP contribution in [0.1, 0.15) is 92.1 Å². The molecule has 0 bridgehead atoms. The van der Waals surface area contributed by atoms with Crippen molar-refractivity contribution >= 4 is 51.2 Å². The Balaban J connectivity index is 0.823. The van der Waals surface area contributed by atoms with Crippen molar-refractivity contribution in [3.63, 3.8) is 0 Å². The Morgan fingerprint density at radius 2 is 1.73 bits per heavy atom.